The minimum Gasteiger partial charge on any atom is -0.271 e. The molecule has 0 radical (unpaired) electrons. The molecule has 0 spiro atoms. The third-order valence-electron chi connectivity index (χ3n) is 2.56. The lowest BCUT2D eigenvalue weighted by Crippen LogP contribution is -2.40. The molecule has 1 rings (SSSR count). The molecule has 0 aliphatic heterocycles. The lowest BCUT2D eigenvalue weighted by atomic mass is 9.97. The van der Waals surface area contributed by atoms with E-state index in [2.05, 4.69) is 24.2 Å². The van der Waals surface area contributed by atoms with Crippen LogP contribution in [-0.4, -0.2) is 6.04 Å². The summed E-state index contributed by atoms with van der Waals surface area (Å²) in [6.07, 6.45) is 3.45. The van der Waals surface area contributed by atoms with Crippen LogP contribution in [0, 0.1) is 17.3 Å². The Morgan fingerprint density at radius 2 is 2.27 bits per heavy atom. The fraction of sp³-hybridized carbons (Fsp3) is 0.778. The van der Waals surface area contributed by atoms with Gasteiger partial charge in [-0.2, -0.15) is 0 Å². The van der Waals surface area contributed by atoms with Crippen LogP contribution in [0.2, 0.25) is 0 Å². The molecule has 62 valence electrons. The first-order valence-corrected chi connectivity index (χ1v) is 4.08. The summed E-state index contributed by atoms with van der Waals surface area (Å²) < 4.78 is 0. The predicted octanol–water partition coefficient (Wildman–Crippen LogP) is 1.03. The molecule has 1 saturated carbocycles. The highest BCUT2D eigenvalue weighted by Gasteiger charge is 2.43. The van der Waals surface area contributed by atoms with E-state index in [4.69, 9.17) is 5.84 Å². The Kier molecular flexibility index (Phi) is 2.53. The number of hydrogen-bond donors (Lipinski definition) is 2. The van der Waals surface area contributed by atoms with E-state index in [1.54, 1.807) is 0 Å². The minimum atomic E-state index is 0.384. The van der Waals surface area contributed by atoms with Crippen molar-refractivity contribution in [2.24, 2.45) is 11.3 Å². The number of nitrogens with one attached hydrogen (secondary N) is 1. The maximum Gasteiger partial charge on any atom is 0.0373 e. The van der Waals surface area contributed by atoms with Crippen molar-refractivity contribution in [3.8, 4) is 11.8 Å². The SMILES string of the molecule is CC#CCC(NN)C1(C)CC1. The van der Waals surface area contributed by atoms with E-state index in [0.717, 1.165) is 6.42 Å². The van der Waals surface area contributed by atoms with Crippen LogP contribution in [0.5, 0.6) is 0 Å². The fourth-order valence-corrected chi connectivity index (χ4v) is 1.26. The summed E-state index contributed by atoms with van der Waals surface area (Å²) in [7, 11) is 0. The van der Waals surface area contributed by atoms with Gasteiger partial charge in [-0.3, -0.25) is 11.3 Å². The summed E-state index contributed by atoms with van der Waals surface area (Å²) >= 11 is 0. The summed E-state index contributed by atoms with van der Waals surface area (Å²) in [5, 5.41) is 0. The van der Waals surface area contributed by atoms with Gasteiger partial charge in [0.2, 0.25) is 0 Å². The fourth-order valence-electron chi connectivity index (χ4n) is 1.26. The summed E-state index contributed by atoms with van der Waals surface area (Å²) in [5.41, 5.74) is 3.27. The zero-order valence-corrected chi connectivity index (χ0v) is 7.28. The van der Waals surface area contributed by atoms with Crippen LogP contribution in [0.3, 0.4) is 0 Å². The Balaban J connectivity index is 2.41. The van der Waals surface area contributed by atoms with Gasteiger partial charge in [0.05, 0.1) is 0 Å². The molecular weight excluding hydrogens is 136 g/mol. The first-order chi connectivity index (χ1) is 5.23. The lowest BCUT2D eigenvalue weighted by Gasteiger charge is -2.19. The summed E-state index contributed by atoms with van der Waals surface area (Å²) in [4.78, 5) is 0. The Hall–Kier alpha value is -0.520. The van der Waals surface area contributed by atoms with Crippen LogP contribution < -0.4 is 11.3 Å². The van der Waals surface area contributed by atoms with Crippen LogP contribution in [0.25, 0.3) is 0 Å². The molecule has 0 bridgehead atoms. The summed E-state index contributed by atoms with van der Waals surface area (Å²) in [5.74, 6) is 11.4. The minimum absolute atomic E-state index is 0.384. The molecule has 2 nitrogen and oxygen atoms in total. The van der Waals surface area contributed by atoms with E-state index in [9.17, 15) is 0 Å². The normalized spacial score (nSPS) is 21.7. The smallest absolute Gasteiger partial charge is 0.0373 e. The van der Waals surface area contributed by atoms with E-state index in [-0.39, 0.29) is 0 Å². The average Bonchev–Trinajstić information content (AvgIpc) is 2.71. The second-order valence-electron chi connectivity index (χ2n) is 3.50. The van der Waals surface area contributed by atoms with E-state index in [0.29, 0.717) is 11.5 Å². The number of rotatable bonds is 3. The molecule has 0 aromatic carbocycles. The quantitative estimate of drug-likeness (QED) is 0.360. The maximum atomic E-state index is 5.42. The van der Waals surface area contributed by atoms with Gasteiger partial charge in [-0.1, -0.05) is 6.92 Å². The monoisotopic (exact) mass is 152 g/mol. The second kappa shape index (κ2) is 3.25. The molecule has 0 aromatic rings. The second-order valence-corrected chi connectivity index (χ2v) is 3.50. The van der Waals surface area contributed by atoms with Crippen molar-refractivity contribution in [1.82, 2.24) is 5.43 Å². The van der Waals surface area contributed by atoms with Gasteiger partial charge in [-0.15, -0.1) is 11.8 Å². The van der Waals surface area contributed by atoms with Crippen LogP contribution >= 0.6 is 0 Å². The molecule has 0 saturated heterocycles. The lowest BCUT2D eigenvalue weighted by molar-refractivity contribution is 0.367. The van der Waals surface area contributed by atoms with Gasteiger partial charge in [-0.05, 0) is 25.2 Å². The van der Waals surface area contributed by atoms with Gasteiger partial charge in [0.1, 0.15) is 0 Å². The topological polar surface area (TPSA) is 38.0 Å². The Morgan fingerprint density at radius 3 is 2.64 bits per heavy atom. The van der Waals surface area contributed by atoms with Crippen LogP contribution in [0.15, 0.2) is 0 Å². The van der Waals surface area contributed by atoms with Crippen molar-refractivity contribution >= 4 is 0 Å². The van der Waals surface area contributed by atoms with Gasteiger partial charge in [-0.25, -0.2) is 0 Å². The number of hydrogen-bond acceptors (Lipinski definition) is 2. The van der Waals surface area contributed by atoms with Crippen molar-refractivity contribution in [3.05, 3.63) is 0 Å². The Labute approximate surface area is 68.5 Å². The molecule has 2 heteroatoms. The van der Waals surface area contributed by atoms with Crippen LogP contribution in [0.1, 0.15) is 33.1 Å². The van der Waals surface area contributed by atoms with Crippen LogP contribution in [0.4, 0.5) is 0 Å². The first-order valence-electron chi connectivity index (χ1n) is 4.08. The summed E-state index contributed by atoms with van der Waals surface area (Å²) in [6, 6.07) is 0.384. The summed E-state index contributed by atoms with van der Waals surface area (Å²) in [6.45, 7) is 4.12. The number of nitrogens with two attached hydrogens (primary N) is 1. The zero-order valence-electron chi connectivity index (χ0n) is 7.28. The van der Waals surface area contributed by atoms with Gasteiger partial charge in [0, 0.05) is 12.5 Å². The molecular formula is C9H16N2. The molecule has 1 fully saturated rings. The van der Waals surface area contributed by atoms with Gasteiger partial charge in [0.15, 0.2) is 0 Å². The molecule has 0 heterocycles. The van der Waals surface area contributed by atoms with Crippen molar-refractivity contribution in [1.29, 1.82) is 0 Å². The molecule has 1 aliphatic carbocycles. The van der Waals surface area contributed by atoms with E-state index < -0.39 is 0 Å². The molecule has 11 heavy (non-hydrogen) atoms. The Bertz CT molecular complexity index is 183. The first kappa shape index (κ1) is 8.58. The third-order valence-corrected chi connectivity index (χ3v) is 2.56. The third kappa shape index (κ3) is 1.95. The van der Waals surface area contributed by atoms with E-state index in [1.807, 2.05) is 6.92 Å². The predicted molar refractivity (Wildman–Crippen MR) is 46.5 cm³/mol. The molecule has 1 atom stereocenters. The standard InChI is InChI=1S/C9H16N2/c1-3-4-5-8(11-10)9(2)6-7-9/h8,11H,5-7,10H2,1-2H3. The zero-order chi connectivity index (χ0) is 8.32. The van der Waals surface area contributed by atoms with Gasteiger partial charge >= 0.3 is 0 Å². The molecule has 0 amide bonds. The van der Waals surface area contributed by atoms with Crippen molar-refractivity contribution in [2.45, 2.75) is 39.2 Å². The van der Waals surface area contributed by atoms with E-state index in [1.165, 1.54) is 12.8 Å². The molecule has 1 unspecified atom stereocenters. The highest BCUT2D eigenvalue weighted by atomic mass is 15.2. The average molecular weight is 152 g/mol. The number of hydrazine groups is 1. The van der Waals surface area contributed by atoms with Crippen molar-refractivity contribution < 1.29 is 0 Å². The van der Waals surface area contributed by atoms with E-state index >= 15 is 0 Å². The Morgan fingerprint density at radius 1 is 1.64 bits per heavy atom. The van der Waals surface area contributed by atoms with Crippen molar-refractivity contribution in [2.75, 3.05) is 0 Å². The maximum absolute atomic E-state index is 5.42. The molecule has 0 aromatic heterocycles. The van der Waals surface area contributed by atoms with Crippen LogP contribution in [-0.2, 0) is 0 Å². The molecule has 1 aliphatic rings. The van der Waals surface area contributed by atoms with Gasteiger partial charge in [0.25, 0.3) is 0 Å². The highest BCUT2D eigenvalue weighted by Crippen LogP contribution is 2.48. The largest absolute Gasteiger partial charge is 0.271 e. The van der Waals surface area contributed by atoms with Gasteiger partial charge < -0.3 is 0 Å². The van der Waals surface area contributed by atoms with Crippen molar-refractivity contribution in [3.63, 3.8) is 0 Å². The highest BCUT2D eigenvalue weighted by molar-refractivity contribution is 5.06. The molecule has 3 N–H and O–H groups in total.